The maximum atomic E-state index is 5.65. The van der Waals surface area contributed by atoms with Crippen LogP contribution >= 0.6 is 34.8 Å². The molecular formula is C10H9Cl3. The van der Waals surface area contributed by atoms with Gasteiger partial charge in [-0.1, -0.05) is 71.7 Å². The zero-order valence-corrected chi connectivity index (χ0v) is 9.20. The summed E-state index contributed by atoms with van der Waals surface area (Å²) in [6.07, 6.45) is 0.349. The molecule has 0 N–H and O–H groups in total. The first-order chi connectivity index (χ1) is 5.99. The third kappa shape index (κ3) is 4.04. The molecule has 0 saturated heterocycles. The first kappa shape index (κ1) is 10.9. The molecule has 0 radical (unpaired) electrons. The van der Waals surface area contributed by atoms with Gasteiger partial charge in [-0.15, -0.1) is 0 Å². The maximum Gasteiger partial charge on any atom is 0.194 e. The fraction of sp³-hybridized carbons (Fsp3) is 0.200. The van der Waals surface area contributed by atoms with Crippen LogP contribution in [-0.4, -0.2) is 3.79 Å². The molecule has 1 rings (SSSR count). The van der Waals surface area contributed by atoms with Gasteiger partial charge in [0.2, 0.25) is 0 Å². The SMILES string of the molecule is C=C(CC(Cl)(Cl)Cl)c1ccccc1. The van der Waals surface area contributed by atoms with E-state index in [0.29, 0.717) is 6.42 Å². The van der Waals surface area contributed by atoms with Gasteiger partial charge < -0.3 is 0 Å². The van der Waals surface area contributed by atoms with Crippen molar-refractivity contribution in [2.75, 3.05) is 0 Å². The van der Waals surface area contributed by atoms with Crippen LogP contribution in [0.15, 0.2) is 36.9 Å². The van der Waals surface area contributed by atoms with Crippen molar-refractivity contribution in [1.82, 2.24) is 0 Å². The van der Waals surface area contributed by atoms with Gasteiger partial charge >= 0.3 is 0 Å². The average Bonchev–Trinajstić information content (AvgIpc) is 2.03. The molecule has 70 valence electrons. The van der Waals surface area contributed by atoms with Crippen molar-refractivity contribution in [2.45, 2.75) is 10.2 Å². The van der Waals surface area contributed by atoms with E-state index >= 15 is 0 Å². The third-order valence-corrected chi connectivity index (χ3v) is 2.00. The van der Waals surface area contributed by atoms with Crippen LogP contribution in [0.4, 0.5) is 0 Å². The number of rotatable bonds is 2. The van der Waals surface area contributed by atoms with E-state index in [2.05, 4.69) is 6.58 Å². The minimum Gasteiger partial charge on any atom is -0.0951 e. The molecule has 0 aliphatic rings. The van der Waals surface area contributed by atoms with Gasteiger partial charge in [-0.2, -0.15) is 0 Å². The standard InChI is InChI=1S/C10H9Cl3/c1-8(7-10(11,12)13)9-5-3-2-4-6-9/h2-6H,1,7H2. The van der Waals surface area contributed by atoms with E-state index in [-0.39, 0.29) is 0 Å². The monoisotopic (exact) mass is 234 g/mol. The van der Waals surface area contributed by atoms with Crippen LogP contribution in [-0.2, 0) is 0 Å². The van der Waals surface area contributed by atoms with Crippen LogP contribution in [0, 0.1) is 0 Å². The number of alkyl halides is 3. The van der Waals surface area contributed by atoms with Crippen molar-refractivity contribution < 1.29 is 0 Å². The molecule has 0 aliphatic carbocycles. The molecule has 3 heteroatoms. The van der Waals surface area contributed by atoms with Crippen LogP contribution < -0.4 is 0 Å². The van der Waals surface area contributed by atoms with Crippen molar-refractivity contribution in [2.24, 2.45) is 0 Å². The van der Waals surface area contributed by atoms with Crippen molar-refractivity contribution >= 4 is 40.4 Å². The van der Waals surface area contributed by atoms with Crippen molar-refractivity contribution in [3.05, 3.63) is 42.5 Å². The molecule has 1 aromatic rings. The molecule has 0 bridgehead atoms. The smallest absolute Gasteiger partial charge is 0.0951 e. The molecule has 0 spiro atoms. The van der Waals surface area contributed by atoms with Crippen molar-refractivity contribution in [3.63, 3.8) is 0 Å². The summed E-state index contributed by atoms with van der Waals surface area (Å²) in [6.45, 7) is 3.86. The van der Waals surface area contributed by atoms with Gasteiger partial charge in [0.25, 0.3) is 0 Å². The lowest BCUT2D eigenvalue weighted by Gasteiger charge is -2.12. The van der Waals surface area contributed by atoms with Gasteiger partial charge in [0.1, 0.15) is 0 Å². The van der Waals surface area contributed by atoms with Crippen molar-refractivity contribution in [1.29, 1.82) is 0 Å². The number of halogens is 3. The molecular weight excluding hydrogens is 226 g/mol. The first-order valence-corrected chi connectivity index (χ1v) is 4.92. The average molecular weight is 236 g/mol. The Kier molecular flexibility index (Phi) is 3.66. The zero-order chi connectivity index (χ0) is 9.90. The Morgan fingerprint density at radius 1 is 1.15 bits per heavy atom. The number of benzene rings is 1. The second-order valence-electron chi connectivity index (χ2n) is 2.76. The first-order valence-electron chi connectivity index (χ1n) is 3.79. The molecule has 0 unspecified atom stereocenters. The Labute approximate surface area is 93.1 Å². The van der Waals surface area contributed by atoms with Gasteiger partial charge in [-0.25, -0.2) is 0 Å². The minimum atomic E-state index is -1.26. The van der Waals surface area contributed by atoms with E-state index in [1.54, 1.807) is 0 Å². The van der Waals surface area contributed by atoms with Gasteiger partial charge in [-0.3, -0.25) is 0 Å². The summed E-state index contributed by atoms with van der Waals surface area (Å²) in [5.74, 6) is 0. The molecule has 0 heterocycles. The fourth-order valence-electron chi connectivity index (χ4n) is 1.02. The number of allylic oxidation sites excluding steroid dienone is 1. The van der Waals surface area contributed by atoms with Crippen LogP contribution in [0.2, 0.25) is 0 Å². The van der Waals surface area contributed by atoms with E-state index in [1.165, 1.54) is 0 Å². The lowest BCUT2D eigenvalue weighted by molar-refractivity contribution is 1.10. The Morgan fingerprint density at radius 3 is 2.15 bits per heavy atom. The fourth-order valence-corrected chi connectivity index (χ4v) is 1.50. The molecule has 1 aromatic carbocycles. The summed E-state index contributed by atoms with van der Waals surface area (Å²) in [5, 5.41) is 0. The summed E-state index contributed by atoms with van der Waals surface area (Å²) in [4.78, 5) is 0. The van der Waals surface area contributed by atoms with E-state index < -0.39 is 3.79 Å². The predicted molar refractivity (Wildman–Crippen MR) is 60.4 cm³/mol. The number of hydrogen-bond acceptors (Lipinski definition) is 0. The lowest BCUT2D eigenvalue weighted by Crippen LogP contribution is -2.02. The van der Waals surface area contributed by atoms with Gasteiger partial charge in [0.05, 0.1) is 0 Å². The largest absolute Gasteiger partial charge is 0.194 e. The molecule has 0 aromatic heterocycles. The van der Waals surface area contributed by atoms with Gasteiger partial charge in [0.15, 0.2) is 3.79 Å². The second-order valence-corrected chi connectivity index (χ2v) is 5.28. The molecule has 0 amide bonds. The third-order valence-electron chi connectivity index (χ3n) is 1.60. The minimum absolute atomic E-state index is 0.349. The van der Waals surface area contributed by atoms with Gasteiger partial charge in [0, 0.05) is 6.42 Å². The summed E-state index contributed by atoms with van der Waals surface area (Å²) < 4.78 is -1.26. The Bertz CT molecular complexity index is 285. The summed E-state index contributed by atoms with van der Waals surface area (Å²) >= 11 is 16.9. The predicted octanol–water partition coefficient (Wildman–Crippen LogP) is 4.46. The number of hydrogen-bond donors (Lipinski definition) is 0. The van der Waals surface area contributed by atoms with Crippen molar-refractivity contribution in [3.8, 4) is 0 Å². The molecule has 0 atom stereocenters. The Morgan fingerprint density at radius 2 is 1.69 bits per heavy atom. The topological polar surface area (TPSA) is 0 Å². The highest BCUT2D eigenvalue weighted by Crippen LogP contribution is 2.35. The summed E-state index contributed by atoms with van der Waals surface area (Å²) in [6, 6.07) is 9.68. The van der Waals surface area contributed by atoms with Crippen LogP contribution in [0.3, 0.4) is 0 Å². The molecule has 0 saturated carbocycles. The molecule has 13 heavy (non-hydrogen) atoms. The van der Waals surface area contributed by atoms with Crippen LogP contribution in [0.25, 0.3) is 5.57 Å². The highest BCUT2D eigenvalue weighted by Gasteiger charge is 2.20. The van der Waals surface area contributed by atoms with Crippen LogP contribution in [0.1, 0.15) is 12.0 Å². The van der Waals surface area contributed by atoms with E-state index in [9.17, 15) is 0 Å². The Balaban J connectivity index is 2.71. The van der Waals surface area contributed by atoms with E-state index in [4.69, 9.17) is 34.8 Å². The zero-order valence-electron chi connectivity index (χ0n) is 6.93. The lowest BCUT2D eigenvalue weighted by atomic mass is 10.1. The highest BCUT2D eigenvalue weighted by atomic mass is 35.6. The summed E-state index contributed by atoms with van der Waals surface area (Å²) in [7, 11) is 0. The quantitative estimate of drug-likeness (QED) is 0.664. The molecule has 0 aliphatic heterocycles. The van der Waals surface area contributed by atoms with Crippen LogP contribution in [0.5, 0.6) is 0 Å². The van der Waals surface area contributed by atoms with E-state index in [1.807, 2.05) is 30.3 Å². The summed E-state index contributed by atoms with van der Waals surface area (Å²) in [5.41, 5.74) is 1.84. The maximum absolute atomic E-state index is 5.65. The highest BCUT2D eigenvalue weighted by molar-refractivity contribution is 6.67. The molecule has 0 fully saturated rings. The molecule has 0 nitrogen and oxygen atoms in total. The Hall–Kier alpha value is -0.170. The normalized spacial score (nSPS) is 11.3. The van der Waals surface area contributed by atoms with E-state index in [0.717, 1.165) is 11.1 Å². The second kappa shape index (κ2) is 4.36. The van der Waals surface area contributed by atoms with Gasteiger partial charge in [-0.05, 0) is 11.1 Å².